The van der Waals surface area contributed by atoms with Gasteiger partial charge in [0.15, 0.2) is 0 Å². The van der Waals surface area contributed by atoms with Gasteiger partial charge < -0.3 is 0 Å². The van der Waals surface area contributed by atoms with Crippen molar-refractivity contribution in [1.82, 2.24) is 0 Å². The van der Waals surface area contributed by atoms with Gasteiger partial charge in [-0.25, -0.2) is 0 Å². The Bertz CT molecular complexity index is 108. The molecule has 0 N–H and O–H groups in total. The summed E-state index contributed by atoms with van der Waals surface area (Å²) in [6, 6.07) is 0. The van der Waals surface area contributed by atoms with Crippen molar-refractivity contribution >= 4 is 11.8 Å². The Labute approximate surface area is 62.0 Å². The van der Waals surface area contributed by atoms with Crippen LogP contribution in [0, 0.1) is 0 Å². The Balaban J connectivity index is 3.53. The van der Waals surface area contributed by atoms with Crippen molar-refractivity contribution in [1.29, 1.82) is 0 Å². The molecule has 0 unspecified atom stereocenters. The standard InChI is InChI=1S/C8H14S/c1-7(2)5-9-6-8(3)4/h5-6H,1-4H3. The maximum absolute atomic E-state index is 2.15. The largest absolute Gasteiger partial charge is 0.106 e. The molecule has 0 saturated carbocycles. The second-order valence-electron chi connectivity index (χ2n) is 2.53. The average molecular weight is 142 g/mol. The van der Waals surface area contributed by atoms with Crippen LogP contribution in [0.15, 0.2) is 22.0 Å². The zero-order valence-electron chi connectivity index (χ0n) is 6.56. The van der Waals surface area contributed by atoms with Crippen LogP contribution in [-0.4, -0.2) is 0 Å². The zero-order valence-corrected chi connectivity index (χ0v) is 7.38. The van der Waals surface area contributed by atoms with Gasteiger partial charge >= 0.3 is 0 Å². The summed E-state index contributed by atoms with van der Waals surface area (Å²) in [6.45, 7) is 8.41. The SMILES string of the molecule is CC(C)=CSC=C(C)C. The van der Waals surface area contributed by atoms with Gasteiger partial charge in [-0.15, -0.1) is 11.8 Å². The van der Waals surface area contributed by atoms with Gasteiger partial charge in [0.1, 0.15) is 0 Å². The number of hydrogen-bond donors (Lipinski definition) is 0. The van der Waals surface area contributed by atoms with E-state index in [9.17, 15) is 0 Å². The molecule has 0 radical (unpaired) electrons. The molecular formula is C8H14S. The third-order valence-corrected chi connectivity index (χ3v) is 1.82. The predicted octanol–water partition coefficient (Wildman–Crippen LogP) is 3.57. The average Bonchev–Trinajstić information content (AvgIpc) is 1.63. The van der Waals surface area contributed by atoms with Crippen molar-refractivity contribution in [3.63, 3.8) is 0 Å². The predicted molar refractivity (Wildman–Crippen MR) is 46.5 cm³/mol. The minimum atomic E-state index is 1.36. The van der Waals surface area contributed by atoms with E-state index >= 15 is 0 Å². The molecule has 0 fully saturated rings. The first-order chi connectivity index (χ1) is 4.13. The fraction of sp³-hybridized carbons (Fsp3) is 0.500. The Hall–Kier alpha value is -0.170. The van der Waals surface area contributed by atoms with E-state index in [1.807, 2.05) is 0 Å². The van der Waals surface area contributed by atoms with Gasteiger partial charge in [0.25, 0.3) is 0 Å². The molecule has 0 aliphatic rings. The topological polar surface area (TPSA) is 0 Å². The molecule has 0 amide bonds. The molecule has 0 heterocycles. The second-order valence-corrected chi connectivity index (χ2v) is 3.27. The summed E-state index contributed by atoms with van der Waals surface area (Å²) in [5.74, 6) is 0. The molecule has 0 saturated heterocycles. The van der Waals surface area contributed by atoms with Gasteiger partial charge in [0.2, 0.25) is 0 Å². The van der Waals surface area contributed by atoms with Crippen LogP contribution in [0.4, 0.5) is 0 Å². The van der Waals surface area contributed by atoms with E-state index < -0.39 is 0 Å². The lowest BCUT2D eigenvalue weighted by Gasteiger charge is -1.87. The Kier molecular flexibility index (Phi) is 4.60. The monoisotopic (exact) mass is 142 g/mol. The highest BCUT2D eigenvalue weighted by molar-refractivity contribution is 8.04. The Morgan fingerprint density at radius 2 is 1.22 bits per heavy atom. The van der Waals surface area contributed by atoms with Gasteiger partial charge in [-0.1, -0.05) is 11.1 Å². The maximum atomic E-state index is 2.15. The van der Waals surface area contributed by atoms with Crippen molar-refractivity contribution in [3.8, 4) is 0 Å². The summed E-state index contributed by atoms with van der Waals surface area (Å²) in [7, 11) is 0. The highest BCUT2D eigenvalue weighted by Crippen LogP contribution is 2.10. The molecule has 1 heteroatoms. The van der Waals surface area contributed by atoms with Crippen LogP contribution in [0.3, 0.4) is 0 Å². The van der Waals surface area contributed by atoms with Gasteiger partial charge in [0.05, 0.1) is 0 Å². The van der Waals surface area contributed by atoms with Crippen molar-refractivity contribution in [2.45, 2.75) is 27.7 Å². The first-order valence-electron chi connectivity index (χ1n) is 3.05. The van der Waals surface area contributed by atoms with Gasteiger partial charge in [-0.3, -0.25) is 0 Å². The molecule has 0 aromatic rings. The maximum Gasteiger partial charge on any atom is -0.0262 e. The van der Waals surface area contributed by atoms with Gasteiger partial charge in [-0.2, -0.15) is 0 Å². The van der Waals surface area contributed by atoms with E-state index in [1.54, 1.807) is 11.8 Å². The Morgan fingerprint density at radius 3 is 1.44 bits per heavy atom. The molecule has 0 aromatic heterocycles. The van der Waals surface area contributed by atoms with Crippen LogP contribution in [0.25, 0.3) is 0 Å². The van der Waals surface area contributed by atoms with E-state index in [0.29, 0.717) is 0 Å². The Morgan fingerprint density at radius 1 is 0.889 bits per heavy atom. The number of hydrogen-bond acceptors (Lipinski definition) is 1. The second kappa shape index (κ2) is 4.68. The summed E-state index contributed by atoms with van der Waals surface area (Å²) < 4.78 is 0. The van der Waals surface area contributed by atoms with Crippen molar-refractivity contribution in [2.75, 3.05) is 0 Å². The molecule has 52 valence electrons. The first kappa shape index (κ1) is 8.83. The molecule has 0 spiro atoms. The summed E-state index contributed by atoms with van der Waals surface area (Å²) >= 11 is 1.75. The number of rotatable bonds is 2. The molecule has 9 heavy (non-hydrogen) atoms. The molecular weight excluding hydrogens is 128 g/mol. The summed E-state index contributed by atoms with van der Waals surface area (Å²) in [5, 5.41) is 4.29. The van der Waals surface area contributed by atoms with E-state index in [0.717, 1.165) is 0 Å². The van der Waals surface area contributed by atoms with Crippen LogP contribution in [0.2, 0.25) is 0 Å². The third kappa shape index (κ3) is 7.83. The van der Waals surface area contributed by atoms with Crippen LogP contribution in [-0.2, 0) is 0 Å². The molecule has 0 aromatic carbocycles. The molecule has 0 aliphatic heterocycles. The lowest BCUT2D eigenvalue weighted by Crippen LogP contribution is -1.59. The van der Waals surface area contributed by atoms with Gasteiger partial charge in [-0.05, 0) is 38.5 Å². The van der Waals surface area contributed by atoms with Crippen LogP contribution in [0.5, 0.6) is 0 Å². The lowest BCUT2D eigenvalue weighted by atomic mass is 10.4. The highest BCUT2D eigenvalue weighted by atomic mass is 32.2. The smallest absolute Gasteiger partial charge is 0.0262 e. The van der Waals surface area contributed by atoms with Crippen LogP contribution < -0.4 is 0 Å². The molecule has 0 aliphatic carbocycles. The fourth-order valence-electron chi connectivity index (χ4n) is 0.306. The molecule has 0 nitrogen and oxygen atoms in total. The van der Waals surface area contributed by atoms with E-state index in [-0.39, 0.29) is 0 Å². The zero-order chi connectivity index (χ0) is 7.28. The molecule has 0 rings (SSSR count). The first-order valence-corrected chi connectivity index (χ1v) is 3.99. The quantitative estimate of drug-likeness (QED) is 0.568. The van der Waals surface area contributed by atoms with E-state index in [4.69, 9.17) is 0 Å². The van der Waals surface area contributed by atoms with Crippen molar-refractivity contribution < 1.29 is 0 Å². The summed E-state index contributed by atoms with van der Waals surface area (Å²) in [6.07, 6.45) is 0. The number of thioether (sulfide) groups is 1. The minimum Gasteiger partial charge on any atom is -0.106 e. The van der Waals surface area contributed by atoms with Crippen LogP contribution in [0.1, 0.15) is 27.7 Å². The summed E-state index contributed by atoms with van der Waals surface area (Å²) in [4.78, 5) is 0. The lowest BCUT2D eigenvalue weighted by molar-refractivity contribution is 1.41. The molecule has 0 atom stereocenters. The van der Waals surface area contributed by atoms with Gasteiger partial charge in [0, 0.05) is 0 Å². The summed E-state index contributed by atoms with van der Waals surface area (Å²) in [5.41, 5.74) is 2.72. The third-order valence-electron chi connectivity index (χ3n) is 0.607. The van der Waals surface area contributed by atoms with E-state index in [1.165, 1.54) is 11.1 Å². The number of allylic oxidation sites excluding steroid dienone is 2. The van der Waals surface area contributed by atoms with Crippen molar-refractivity contribution in [2.24, 2.45) is 0 Å². The van der Waals surface area contributed by atoms with Crippen LogP contribution >= 0.6 is 11.8 Å². The van der Waals surface area contributed by atoms with Crippen molar-refractivity contribution in [3.05, 3.63) is 22.0 Å². The highest BCUT2D eigenvalue weighted by Gasteiger charge is 1.76. The minimum absolute atomic E-state index is 1.36. The normalized spacial score (nSPS) is 8.44. The van der Waals surface area contributed by atoms with E-state index in [2.05, 4.69) is 38.5 Å². The molecule has 0 bridgehead atoms. The fourth-order valence-corrected chi connectivity index (χ4v) is 0.919.